The van der Waals surface area contributed by atoms with Gasteiger partial charge in [0.05, 0.1) is 30.9 Å². The van der Waals surface area contributed by atoms with Crippen LogP contribution in [-0.2, 0) is 20.7 Å². The Bertz CT molecular complexity index is 701. The number of carbonyl (C=O) groups excluding carboxylic acids is 2. The quantitative estimate of drug-likeness (QED) is 0.593. The molecule has 1 aromatic carbocycles. The first-order valence-electron chi connectivity index (χ1n) is 8.40. The SMILES string of the molecule is COC(=O)N1CC(OCC(C)C)=CC(=O)C1Cc1cccc(OC)c1I. The van der Waals surface area contributed by atoms with Gasteiger partial charge in [0.25, 0.3) is 0 Å². The van der Waals surface area contributed by atoms with E-state index >= 15 is 0 Å². The Morgan fingerprint density at radius 3 is 2.69 bits per heavy atom. The third-order valence-corrected chi connectivity index (χ3v) is 5.25. The zero-order valence-electron chi connectivity index (χ0n) is 15.5. The Kier molecular flexibility index (Phi) is 7.31. The fourth-order valence-electron chi connectivity index (χ4n) is 2.69. The molecule has 0 aliphatic carbocycles. The van der Waals surface area contributed by atoms with Crippen molar-refractivity contribution < 1.29 is 23.8 Å². The number of carbonyl (C=O) groups is 2. The molecule has 1 aliphatic rings. The van der Waals surface area contributed by atoms with Crippen molar-refractivity contribution in [3.63, 3.8) is 0 Å². The average molecular weight is 473 g/mol. The number of halogens is 1. The fraction of sp³-hybridized carbons (Fsp3) is 0.474. The first-order valence-corrected chi connectivity index (χ1v) is 9.48. The molecule has 0 fully saturated rings. The molecule has 0 saturated heterocycles. The molecule has 6 nitrogen and oxygen atoms in total. The normalized spacial score (nSPS) is 17.2. The molecule has 1 atom stereocenters. The number of nitrogens with zero attached hydrogens (tertiary/aromatic N) is 1. The van der Waals surface area contributed by atoms with Gasteiger partial charge in [-0.1, -0.05) is 26.0 Å². The third-order valence-electron chi connectivity index (χ3n) is 4.02. The zero-order valence-corrected chi connectivity index (χ0v) is 17.6. The molecule has 7 heteroatoms. The van der Waals surface area contributed by atoms with Gasteiger partial charge >= 0.3 is 6.09 Å². The van der Waals surface area contributed by atoms with E-state index in [1.807, 2.05) is 32.0 Å². The van der Waals surface area contributed by atoms with Crippen LogP contribution in [0.1, 0.15) is 19.4 Å². The minimum Gasteiger partial charge on any atom is -0.496 e. The number of hydrogen-bond donors (Lipinski definition) is 0. The van der Waals surface area contributed by atoms with Crippen molar-refractivity contribution in [3.05, 3.63) is 39.2 Å². The van der Waals surface area contributed by atoms with E-state index in [-0.39, 0.29) is 12.3 Å². The van der Waals surface area contributed by atoms with Crippen LogP contribution < -0.4 is 4.74 Å². The summed E-state index contributed by atoms with van der Waals surface area (Å²) in [6.45, 7) is 4.76. The van der Waals surface area contributed by atoms with Crippen LogP contribution in [0.15, 0.2) is 30.0 Å². The second-order valence-electron chi connectivity index (χ2n) is 6.47. The Morgan fingerprint density at radius 2 is 2.08 bits per heavy atom. The Morgan fingerprint density at radius 1 is 1.35 bits per heavy atom. The van der Waals surface area contributed by atoms with E-state index in [0.29, 0.717) is 24.7 Å². The standard InChI is InChI=1S/C19H24INO5/c1-12(2)11-26-14-9-16(22)15(21(10-14)19(23)25-4)8-13-6-5-7-17(24-3)18(13)20/h5-7,9,12,15H,8,10-11H2,1-4H3. The summed E-state index contributed by atoms with van der Waals surface area (Å²) in [5, 5.41) is 0. The van der Waals surface area contributed by atoms with Crippen LogP contribution in [0.25, 0.3) is 0 Å². The second kappa shape index (κ2) is 9.25. The van der Waals surface area contributed by atoms with Gasteiger partial charge in [-0.2, -0.15) is 0 Å². The average Bonchev–Trinajstić information content (AvgIpc) is 2.62. The largest absolute Gasteiger partial charge is 0.496 e. The first-order chi connectivity index (χ1) is 12.4. The van der Waals surface area contributed by atoms with Crippen LogP contribution in [0.2, 0.25) is 0 Å². The van der Waals surface area contributed by atoms with Crippen molar-refractivity contribution in [2.75, 3.05) is 27.4 Å². The summed E-state index contributed by atoms with van der Waals surface area (Å²) in [5.41, 5.74) is 0.942. The van der Waals surface area contributed by atoms with E-state index in [9.17, 15) is 9.59 Å². The molecule has 26 heavy (non-hydrogen) atoms. The molecule has 1 amide bonds. The second-order valence-corrected chi connectivity index (χ2v) is 7.55. The van der Waals surface area contributed by atoms with Gasteiger partial charge in [0.2, 0.25) is 0 Å². The van der Waals surface area contributed by atoms with E-state index in [4.69, 9.17) is 14.2 Å². The molecule has 0 saturated carbocycles. The van der Waals surface area contributed by atoms with Gasteiger partial charge < -0.3 is 14.2 Å². The van der Waals surface area contributed by atoms with Crippen molar-refractivity contribution in [3.8, 4) is 5.75 Å². The number of hydrogen-bond acceptors (Lipinski definition) is 5. The predicted molar refractivity (Wildman–Crippen MR) is 106 cm³/mol. The Labute approximate surface area is 167 Å². The van der Waals surface area contributed by atoms with Crippen molar-refractivity contribution >= 4 is 34.5 Å². The topological polar surface area (TPSA) is 65.1 Å². The number of amides is 1. The van der Waals surface area contributed by atoms with Gasteiger partial charge in [0.15, 0.2) is 5.78 Å². The summed E-state index contributed by atoms with van der Waals surface area (Å²) < 4.78 is 16.8. The summed E-state index contributed by atoms with van der Waals surface area (Å²) >= 11 is 2.19. The van der Waals surface area contributed by atoms with Crippen molar-refractivity contribution in [1.29, 1.82) is 0 Å². The van der Waals surface area contributed by atoms with Crippen LogP contribution >= 0.6 is 22.6 Å². The number of rotatable bonds is 6. The fourth-order valence-corrected chi connectivity index (χ4v) is 3.49. The lowest BCUT2D eigenvalue weighted by atomic mass is 9.97. The Balaban J connectivity index is 2.27. The molecule has 0 spiro atoms. The maximum absolute atomic E-state index is 12.7. The molecule has 2 rings (SSSR count). The molecule has 1 aromatic rings. The summed E-state index contributed by atoms with van der Waals surface area (Å²) in [7, 11) is 2.92. The smallest absolute Gasteiger partial charge is 0.410 e. The molecule has 0 aromatic heterocycles. The van der Waals surface area contributed by atoms with Gasteiger partial charge in [-0.15, -0.1) is 0 Å². The lowest BCUT2D eigenvalue weighted by Crippen LogP contribution is -2.49. The molecule has 1 unspecified atom stereocenters. The molecule has 0 N–H and O–H groups in total. The van der Waals surface area contributed by atoms with Crippen molar-refractivity contribution in [2.24, 2.45) is 5.92 Å². The zero-order chi connectivity index (χ0) is 19.3. The van der Waals surface area contributed by atoms with E-state index in [0.717, 1.165) is 14.9 Å². The molecule has 1 heterocycles. The van der Waals surface area contributed by atoms with Gasteiger partial charge in [-0.25, -0.2) is 4.79 Å². The number of benzene rings is 1. The summed E-state index contributed by atoms with van der Waals surface area (Å²) in [6, 6.07) is 5.04. The summed E-state index contributed by atoms with van der Waals surface area (Å²) in [6.07, 6.45) is 1.34. The summed E-state index contributed by atoms with van der Waals surface area (Å²) in [5.74, 6) is 1.39. The highest BCUT2D eigenvalue weighted by Gasteiger charge is 2.35. The van der Waals surface area contributed by atoms with E-state index in [1.165, 1.54) is 18.1 Å². The highest BCUT2D eigenvalue weighted by molar-refractivity contribution is 14.1. The minimum absolute atomic E-state index is 0.168. The molecular weight excluding hydrogens is 449 g/mol. The van der Waals surface area contributed by atoms with E-state index in [2.05, 4.69) is 22.6 Å². The molecule has 142 valence electrons. The molecule has 1 aliphatic heterocycles. The van der Waals surface area contributed by atoms with Crippen LogP contribution in [0.4, 0.5) is 4.79 Å². The molecule has 0 bridgehead atoms. The predicted octanol–water partition coefficient (Wildman–Crippen LogP) is 3.42. The maximum atomic E-state index is 12.7. The van der Waals surface area contributed by atoms with E-state index < -0.39 is 12.1 Å². The van der Waals surface area contributed by atoms with E-state index in [1.54, 1.807) is 7.11 Å². The first kappa shape index (κ1) is 20.5. The van der Waals surface area contributed by atoms with Crippen LogP contribution in [0.5, 0.6) is 5.75 Å². The van der Waals surface area contributed by atoms with Crippen molar-refractivity contribution in [1.82, 2.24) is 4.90 Å². The highest BCUT2D eigenvalue weighted by Crippen LogP contribution is 2.27. The van der Waals surface area contributed by atoms with Gasteiger partial charge in [0, 0.05) is 12.5 Å². The van der Waals surface area contributed by atoms with Crippen LogP contribution in [0, 0.1) is 9.49 Å². The monoisotopic (exact) mass is 473 g/mol. The lowest BCUT2D eigenvalue weighted by molar-refractivity contribution is -0.120. The number of ether oxygens (including phenoxy) is 3. The van der Waals surface area contributed by atoms with Gasteiger partial charge in [-0.3, -0.25) is 9.69 Å². The minimum atomic E-state index is -0.630. The Hall–Kier alpha value is -1.77. The highest BCUT2D eigenvalue weighted by atomic mass is 127. The van der Waals surface area contributed by atoms with Crippen molar-refractivity contribution in [2.45, 2.75) is 26.3 Å². The van der Waals surface area contributed by atoms with Gasteiger partial charge in [0.1, 0.15) is 17.6 Å². The molecular formula is C19H24INO5. The summed E-state index contributed by atoms with van der Waals surface area (Å²) in [4.78, 5) is 26.4. The number of ketones is 1. The lowest BCUT2D eigenvalue weighted by Gasteiger charge is -2.33. The van der Waals surface area contributed by atoms with Crippen LogP contribution in [-0.4, -0.2) is 50.2 Å². The third kappa shape index (κ3) is 4.90. The maximum Gasteiger partial charge on any atom is 0.410 e. The van der Waals surface area contributed by atoms with Crippen LogP contribution in [0.3, 0.4) is 0 Å². The van der Waals surface area contributed by atoms with Gasteiger partial charge in [-0.05, 0) is 40.1 Å². The number of methoxy groups -OCH3 is 2. The molecule has 0 radical (unpaired) electrons.